The van der Waals surface area contributed by atoms with Gasteiger partial charge in [0.2, 0.25) is 0 Å². The molecule has 0 unspecified atom stereocenters. The van der Waals surface area contributed by atoms with Crippen molar-refractivity contribution in [2.24, 2.45) is 7.05 Å². The third-order valence-corrected chi connectivity index (χ3v) is 4.25. The van der Waals surface area contributed by atoms with Crippen molar-refractivity contribution in [1.82, 2.24) is 19.1 Å². The number of benzene rings is 1. The molecule has 0 fully saturated rings. The quantitative estimate of drug-likeness (QED) is 0.535. The van der Waals surface area contributed by atoms with Crippen molar-refractivity contribution in [3.63, 3.8) is 0 Å². The lowest BCUT2D eigenvalue weighted by molar-refractivity contribution is 0.712. The SMILES string of the molecule is CSc1nc(-c2ccc3snnc3c2)cc(=O)n1C. The van der Waals surface area contributed by atoms with Crippen LogP contribution in [0, 0.1) is 0 Å². The molecule has 19 heavy (non-hydrogen) atoms. The van der Waals surface area contributed by atoms with E-state index in [1.165, 1.54) is 27.9 Å². The molecule has 3 aromatic rings. The van der Waals surface area contributed by atoms with Crippen LogP contribution in [0.1, 0.15) is 0 Å². The van der Waals surface area contributed by atoms with Crippen LogP contribution in [-0.2, 0) is 7.05 Å². The van der Waals surface area contributed by atoms with Gasteiger partial charge in [0.05, 0.1) is 10.4 Å². The average Bonchev–Trinajstić information content (AvgIpc) is 2.89. The highest BCUT2D eigenvalue weighted by molar-refractivity contribution is 7.98. The lowest BCUT2D eigenvalue weighted by atomic mass is 10.1. The normalized spacial score (nSPS) is 11.1. The first-order chi connectivity index (χ1) is 9.19. The van der Waals surface area contributed by atoms with Gasteiger partial charge in [-0.15, -0.1) is 5.10 Å². The molecule has 0 spiro atoms. The van der Waals surface area contributed by atoms with Gasteiger partial charge >= 0.3 is 0 Å². The van der Waals surface area contributed by atoms with E-state index in [9.17, 15) is 4.79 Å². The van der Waals surface area contributed by atoms with Crippen molar-refractivity contribution in [2.45, 2.75) is 5.16 Å². The van der Waals surface area contributed by atoms with Gasteiger partial charge in [-0.1, -0.05) is 22.3 Å². The van der Waals surface area contributed by atoms with Crippen molar-refractivity contribution in [3.8, 4) is 11.3 Å². The Bertz CT molecular complexity index is 809. The molecule has 5 nitrogen and oxygen atoms in total. The molecular formula is C12H10N4OS2. The van der Waals surface area contributed by atoms with Gasteiger partial charge in [-0.05, 0) is 29.9 Å². The number of hydrogen-bond acceptors (Lipinski definition) is 6. The van der Waals surface area contributed by atoms with Gasteiger partial charge in [-0.3, -0.25) is 9.36 Å². The van der Waals surface area contributed by atoms with E-state index in [1.54, 1.807) is 13.1 Å². The molecule has 0 aliphatic carbocycles. The summed E-state index contributed by atoms with van der Waals surface area (Å²) < 4.78 is 6.47. The molecule has 2 aromatic heterocycles. The minimum Gasteiger partial charge on any atom is -0.291 e. The average molecular weight is 290 g/mol. The second-order valence-corrected chi connectivity index (χ2v) is 5.54. The van der Waals surface area contributed by atoms with Crippen LogP contribution in [0.3, 0.4) is 0 Å². The van der Waals surface area contributed by atoms with E-state index >= 15 is 0 Å². The molecular weight excluding hydrogens is 280 g/mol. The molecule has 0 atom stereocenters. The Kier molecular flexibility index (Phi) is 3.08. The molecule has 0 saturated heterocycles. The molecule has 96 valence electrons. The van der Waals surface area contributed by atoms with Crippen molar-refractivity contribution in [2.75, 3.05) is 6.26 Å². The van der Waals surface area contributed by atoms with Crippen molar-refractivity contribution in [1.29, 1.82) is 0 Å². The first-order valence-electron chi connectivity index (χ1n) is 5.53. The lowest BCUT2D eigenvalue weighted by Crippen LogP contribution is -2.19. The summed E-state index contributed by atoms with van der Waals surface area (Å²) in [4.78, 5) is 16.4. The molecule has 1 aromatic carbocycles. The molecule has 0 radical (unpaired) electrons. The van der Waals surface area contributed by atoms with Crippen LogP contribution in [0.2, 0.25) is 0 Å². The summed E-state index contributed by atoms with van der Waals surface area (Å²) >= 11 is 2.80. The van der Waals surface area contributed by atoms with E-state index in [0.29, 0.717) is 10.9 Å². The van der Waals surface area contributed by atoms with Gasteiger partial charge in [0.15, 0.2) is 5.16 Å². The fourth-order valence-electron chi connectivity index (χ4n) is 1.79. The molecule has 7 heteroatoms. The van der Waals surface area contributed by atoms with E-state index in [2.05, 4.69) is 14.6 Å². The summed E-state index contributed by atoms with van der Waals surface area (Å²) in [6.07, 6.45) is 1.90. The van der Waals surface area contributed by atoms with Gasteiger partial charge < -0.3 is 0 Å². The third kappa shape index (κ3) is 2.15. The maximum Gasteiger partial charge on any atom is 0.254 e. The predicted octanol–water partition coefficient (Wildman–Crippen LogP) is 2.17. The Morgan fingerprint density at radius 1 is 1.32 bits per heavy atom. The van der Waals surface area contributed by atoms with Crippen LogP contribution in [0.5, 0.6) is 0 Å². The topological polar surface area (TPSA) is 60.7 Å². The Labute approximate surface area is 117 Å². The number of fused-ring (bicyclic) bond motifs is 1. The number of rotatable bonds is 2. The summed E-state index contributed by atoms with van der Waals surface area (Å²) in [5.74, 6) is 0. The smallest absolute Gasteiger partial charge is 0.254 e. The second-order valence-electron chi connectivity index (χ2n) is 3.98. The minimum atomic E-state index is -0.0640. The monoisotopic (exact) mass is 290 g/mol. The second kappa shape index (κ2) is 4.75. The van der Waals surface area contributed by atoms with Gasteiger partial charge in [0.1, 0.15) is 5.52 Å². The fourth-order valence-corrected chi connectivity index (χ4v) is 2.88. The largest absolute Gasteiger partial charge is 0.291 e. The zero-order valence-electron chi connectivity index (χ0n) is 10.3. The molecule has 0 bridgehead atoms. The Morgan fingerprint density at radius 3 is 2.95 bits per heavy atom. The van der Waals surface area contributed by atoms with Crippen LogP contribution in [-0.4, -0.2) is 25.4 Å². The summed E-state index contributed by atoms with van der Waals surface area (Å²) in [7, 11) is 1.72. The third-order valence-electron chi connectivity index (χ3n) is 2.82. The number of nitrogens with zero attached hydrogens (tertiary/aromatic N) is 4. The Hall–Kier alpha value is -1.73. The van der Waals surface area contributed by atoms with E-state index < -0.39 is 0 Å². The summed E-state index contributed by atoms with van der Waals surface area (Å²) in [6, 6.07) is 7.34. The van der Waals surface area contributed by atoms with Crippen LogP contribution >= 0.6 is 23.3 Å². The molecule has 0 aliphatic rings. The molecule has 3 rings (SSSR count). The fraction of sp³-hybridized carbons (Fsp3) is 0.167. The van der Waals surface area contributed by atoms with Crippen LogP contribution in [0.15, 0.2) is 34.2 Å². The van der Waals surface area contributed by atoms with Crippen molar-refractivity contribution >= 4 is 33.5 Å². The predicted molar refractivity (Wildman–Crippen MR) is 77.7 cm³/mol. The highest BCUT2D eigenvalue weighted by atomic mass is 32.2. The summed E-state index contributed by atoms with van der Waals surface area (Å²) in [5, 5.41) is 4.73. The number of aromatic nitrogens is 4. The molecule has 0 aliphatic heterocycles. The summed E-state index contributed by atoms with van der Waals surface area (Å²) in [5.41, 5.74) is 2.32. The van der Waals surface area contributed by atoms with Gasteiger partial charge in [0, 0.05) is 18.7 Å². The van der Waals surface area contributed by atoms with E-state index in [-0.39, 0.29) is 5.56 Å². The highest BCUT2D eigenvalue weighted by Gasteiger charge is 2.08. The number of hydrogen-bond donors (Lipinski definition) is 0. The van der Waals surface area contributed by atoms with Crippen LogP contribution in [0.4, 0.5) is 0 Å². The Balaban J connectivity index is 2.20. The van der Waals surface area contributed by atoms with Gasteiger partial charge in [-0.2, -0.15) is 0 Å². The maximum absolute atomic E-state index is 11.9. The lowest BCUT2D eigenvalue weighted by Gasteiger charge is -2.07. The first-order valence-corrected chi connectivity index (χ1v) is 7.53. The Morgan fingerprint density at radius 2 is 2.16 bits per heavy atom. The standard InChI is InChI=1S/C12H10N4OS2/c1-16-11(17)6-8(13-12(16)18-2)7-3-4-10-9(5-7)14-15-19-10/h3-6H,1-2H3. The highest BCUT2D eigenvalue weighted by Crippen LogP contribution is 2.24. The molecule has 2 heterocycles. The van der Waals surface area contributed by atoms with E-state index in [4.69, 9.17) is 0 Å². The first kappa shape index (κ1) is 12.3. The van der Waals surface area contributed by atoms with Crippen LogP contribution in [0.25, 0.3) is 21.5 Å². The van der Waals surface area contributed by atoms with Gasteiger partial charge in [0.25, 0.3) is 5.56 Å². The molecule has 0 saturated carbocycles. The summed E-state index contributed by atoms with van der Waals surface area (Å²) in [6.45, 7) is 0. The van der Waals surface area contributed by atoms with Crippen LogP contribution < -0.4 is 5.56 Å². The molecule has 0 amide bonds. The molecule has 0 N–H and O–H groups in total. The van der Waals surface area contributed by atoms with Crippen molar-refractivity contribution < 1.29 is 0 Å². The van der Waals surface area contributed by atoms with Gasteiger partial charge in [-0.25, -0.2) is 4.98 Å². The number of thioether (sulfide) groups is 1. The minimum absolute atomic E-state index is 0.0640. The van der Waals surface area contributed by atoms with E-state index in [1.807, 2.05) is 24.5 Å². The maximum atomic E-state index is 11.9. The van der Waals surface area contributed by atoms with E-state index in [0.717, 1.165) is 15.8 Å². The zero-order valence-corrected chi connectivity index (χ0v) is 12.0. The zero-order chi connectivity index (χ0) is 13.4. The van der Waals surface area contributed by atoms with Crippen molar-refractivity contribution in [3.05, 3.63) is 34.6 Å².